The zero-order valence-corrected chi connectivity index (χ0v) is 35.3. The van der Waals surface area contributed by atoms with Crippen molar-refractivity contribution in [2.45, 2.75) is 180 Å². The number of carbonyl (C=O) groups is 2. The van der Waals surface area contributed by atoms with Gasteiger partial charge in [-0.15, -0.1) is 0 Å². The number of esters is 2. The number of hydrogen-bond donors (Lipinski definition) is 3. The van der Waals surface area contributed by atoms with Crippen molar-refractivity contribution in [2.24, 2.45) is 0 Å². The molecule has 0 rings (SSSR count). The predicted octanol–water partition coefficient (Wildman–Crippen LogP) is 11.1. The van der Waals surface area contributed by atoms with Crippen LogP contribution in [0.1, 0.15) is 168 Å². The van der Waals surface area contributed by atoms with E-state index in [-0.39, 0.29) is 19.4 Å². The van der Waals surface area contributed by atoms with Crippen LogP contribution in [-0.4, -0.2) is 65.7 Å². The Kier molecular flexibility index (Phi) is 38.2. The molecule has 0 saturated carbocycles. The van der Waals surface area contributed by atoms with Crippen LogP contribution in [0.4, 0.5) is 0 Å². The van der Waals surface area contributed by atoms with Crippen LogP contribution in [0.3, 0.4) is 0 Å². The number of hydrogen-bond acceptors (Lipinski definition) is 9. The maximum absolute atomic E-state index is 12.6. The van der Waals surface area contributed by atoms with Gasteiger partial charge in [0.1, 0.15) is 12.7 Å². The molecule has 0 aliphatic carbocycles. The lowest BCUT2D eigenvalue weighted by molar-refractivity contribution is -0.161. The van der Waals surface area contributed by atoms with Crippen molar-refractivity contribution in [3.05, 3.63) is 60.8 Å². The number of allylic oxidation sites excluding steroid dienone is 10. The number of unbranched alkanes of at least 4 members (excludes halogenated alkanes) is 15. The summed E-state index contributed by atoms with van der Waals surface area (Å²) in [7, 11) is -4.63. The molecule has 318 valence electrons. The standard InChI is InChI=1S/C44H77O10P/c1-3-5-7-9-11-13-15-17-19-20-22-24-26-28-30-32-34-36-44(48)54-42(40-53-55(49,50)52-38-41(46)37-45)39-51-43(47)35-33-31-29-27-25-23-21-18-16-14-12-10-8-6-4-2/h7,9,13-16,19-20,24,26,41-42,45-46H,3-6,8,10-12,17-18,21-23,25,27-40H2,1-2H3,(H,49,50)/b9-7+,15-13+,16-14+,20-19+,26-24+/t41-,42+/m0/s1. The van der Waals surface area contributed by atoms with E-state index in [4.69, 9.17) is 19.1 Å². The second-order valence-electron chi connectivity index (χ2n) is 14.0. The molecular formula is C44H77O10P. The molecule has 0 aliphatic heterocycles. The summed E-state index contributed by atoms with van der Waals surface area (Å²) in [5.41, 5.74) is 0. The molecule has 0 aromatic rings. The van der Waals surface area contributed by atoms with Crippen LogP contribution in [0, 0.1) is 0 Å². The molecule has 55 heavy (non-hydrogen) atoms. The molecule has 0 aromatic heterocycles. The fourth-order valence-corrected chi connectivity index (χ4v) is 6.12. The fourth-order valence-electron chi connectivity index (χ4n) is 5.33. The molecule has 0 radical (unpaired) electrons. The zero-order valence-electron chi connectivity index (χ0n) is 34.4. The van der Waals surface area contributed by atoms with Crippen molar-refractivity contribution in [3.8, 4) is 0 Å². The normalized spacial score (nSPS) is 14.5. The van der Waals surface area contributed by atoms with E-state index in [1.165, 1.54) is 57.8 Å². The Morgan fingerprint density at radius 2 is 0.982 bits per heavy atom. The second kappa shape index (κ2) is 39.9. The predicted molar refractivity (Wildman–Crippen MR) is 224 cm³/mol. The minimum Gasteiger partial charge on any atom is -0.462 e. The van der Waals surface area contributed by atoms with Gasteiger partial charge in [0.05, 0.1) is 19.8 Å². The number of carbonyl (C=O) groups excluding carboxylic acids is 2. The van der Waals surface area contributed by atoms with Gasteiger partial charge in [0.15, 0.2) is 6.10 Å². The Labute approximate surface area is 334 Å². The van der Waals surface area contributed by atoms with Crippen LogP contribution in [-0.2, 0) is 32.7 Å². The van der Waals surface area contributed by atoms with Gasteiger partial charge in [-0.3, -0.25) is 18.6 Å². The molecule has 10 nitrogen and oxygen atoms in total. The van der Waals surface area contributed by atoms with Crippen LogP contribution in [0.5, 0.6) is 0 Å². The van der Waals surface area contributed by atoms with Crippen molar-refractivity contribution < 1.29 is 47.8 Å². The third-order valence-electron chi connectivity index (χ3n) is 8.63. The number of phosphoric acid groups is 1. The first-order valence-electron chi connectivity index (χ1n) is 21.2. The molecule has 0 heterocycles. The van der Waals surface area contributed by atoms with Crippen molar-refractivity contribution >= 4 is 19.8 Å². The zero-order chi connectivity index (χ0) is 40.5. The van der Waals surface area contributed by atoms with Gasteiger partial charge in [-0.1, -0.05) is 139 Å². The number of aliphatic hydroxyl groups is 2. The molecule has 0 spiro atoms. The van der Waals surface area contributed by atoms with E-state index in [1.807, 2.05) is 0 Å². The van der Waals surface area contributed by atoms with Crippen LogP contribution in [0.15, 0.2) is 60.8 Å². The summed E-state index contributed by atoms with van der Waals surface area (Å²) in [6.07, 6.45) is 43.2. The van der Waals surface area contributed by atoms with Gasteiger partial charge >= 0.3 is 19.8 Å². The van der Waals surface area contributed by atoms with Crippen LogP contribution >= 0.6 is 7.82 Å². The van der Waals surface area contributed by atoms with Gasteiger partial charge < -0.3 is 24.6 Å². The van der Waals surface area contributed by atoms with Crippen LogP contribution in [0.25, 0.3) is 0 Å². The van der Waals surface area contributed by atoms with Gasteiger partial charge in [-0.05, 0) is 77.0 Å². The first-order valence-corrected chi connectivity index (χ1v) is 22.7. The smallest absolute Gasteiger partial charge is 0.462 e. The number of phosphoric ester groups is 1. The molecular weight excluding hydrogens is 719 g/mol. The van der Waals surface area contributed by atoms with Gasteiger partial charge in [0, 0.05) is 12.8 Å². The van der Waals surface area contributed by atoms with E-state index in [2.05, 4.69) is 79.1 Å². The first kappa shape index (κ1) is 52.7. The van der Waals surface area contributed by atoms with E-state index < -0.39 is 51.8 Å². The molecule has 0 saturated heterocycles. The molecule has 0 amide bonds. The Hall–Kier alpha value is -2.33. The summed E-state index contributed by atoms with van der Waals surface area (Å²) in [5, 5.41) is 18.3. The summed E-state index contributed by atoms with van der Waals surface area (Å²) in [6.45, 7) is 2.25. The molecule has 0 bridgehead atoms. The van der Waals surface area contributed by atoms with Crippen LogP contribution < -0.4 is 0 Å². The highest BCUT2D eigenvalue weighted by atomic mass is 31.2. The lowest BCUT2D eigenvalue weighted by atomic mass is 10.1. The average Bonchev–Trinajstić information content (AvgIpc) is 3.17. The maximum atomic E-state index is 12.6. The van der Waals surface area contributed by atoms with E-state index in [0.29, 0.717) is 12.8 Å². The molecule has 3 atom stereocenters. The molecule has 3 N–H and O–H groups in total. The maximum Gasteiger partial charge on any atom is 0.472 e. The van der Waals surface area contributed by atoms with E-state index >= 15 is 0 Å². The van der Waals surface area contributed by atoms with Crippen molar-refractivity contribution in [2.75, 3.05) is 26.4 Å². The summed E-state index contributed by atoms with van der Waals surface area (Å²) >= 11 is 0. The number of ether oxygens (including phenoxy) is 2. The largest absolute Gasteiger partial charge is 0.472 e. The Morgan fingerprint density at radius 1 is 0.545 bits per heavy atom. The lowest BCUT2D eigenvalue weighted by Gasteiger charge is -2.20. The average molecular weight is 797 g/mol. The SMILES string of the molecule is CCC/C=C/C/C=C/C/C=C/C/C=C/CCCCCC(=O)O[C@H](COC(=O)CCCCCCCCC/C=C/CCCCCC)COP(=O)(O)OC[C@@H](O)CO. The quantitative estimate of drug-likeness (QED) is 0.0237. The summed E-state index contributed by atoms with van der Waals surface area (Å²) in [5.74, 6) is -0.970. The molecule has 0 aromatic carbocycles. The molecule has 0 aliphatic rings. The Morgan fingerprint density at radius 3 is 1.53 bits per heavy atom. The first-order chi connectivity index (χ1) is 26.7. The highest BCUT2D eigenvalue weighted by molar-refractivity contribution is 7.47. The van der Waals surface area contributed by atoms with Gasteiger partial charge in [-0.2, -0.15) is 0 Å². The highest BCUT2D eigenvalue weighted by Crippen LogP contribution is 2.43. The van der Waals surface area contributed by atoms with E-state index in [0.717, 1.165) is 70.6 Å². The van der Waals surface area contributed by atoms with Crippen molar-refractivity contribution in [1.29, 1.82) is 0 Å². The third kappa shape index (κ3) is 39.7. The van der Waals surface area contributed by atoms with Gasteiger partial charge in [0.2, 0.25) is 0 Å². The van der Waals surface area contributed by atoms with Crippen LogP contribution in [0.2, 0.25) is 0 Å². The molecule has 1 unspecified atom stereocenters. The van der Waals surface area contributed by atoms with Crippen molar-refractivity contribution in [3.63, 3.8) is 0 Å². The fraction of sp³-hybridized carbons (Fsp3) is 0.727. The van der Waals surface area contributed by atoms with E-state index in [1.54, 1.807) is 0 Å². The van der Waals surface area contributed by atoms with Crippen molar-refractivity contribution in [1.82, 2.24) is 0 Å². The number of rotatable bonds is 39. The minimum atomic E-state index is -4.63. The Bertz CT molecular complexity index is 1100. The monoisotopic (exact) mass is 797 g/mol. The summed E-state index contributed by atoms with van der Waals surface area (Å²) in [6, 6.07) is 0. The summed E-state index contributed by atoms with van der Waals surface area (Å²) in [4.78, 5) is 35.0. The topological polar surface area (TPSA) is 149 Å². The van der Waals surface area contributed by atoms with Gasteiger partial charge in [0.25, 0.3) is 0 Å². The second-order valence-corrected chi connectivity index (χ2v) is 15.5. The summed E-state index contributed by atoms with van der Waals surface area (Å²) < 4.78 is 32.7. The van der Waals surface area contributed by atoms with E-state index in [9.17, 15) is 24.2 Å². The minimum absolute atomic E-state index is 0.143. The molecule has 11 heteroatoms. The Balaban J connectivity index is 4.39. The number of aliphatic hydroxyl groups excluding tert-OH is 2. The molecule has 0 fully saturated rings. The highest BCUT2D eigenvalue weighted by Gasteiger charge is 2.27. The third-order valence-corrected chi connectivity index (χ3v) is 9.58. The lowest BCUT2D eigenvalue weighted by Crippen LogP contribution is -2.29. The van der Waals surface area contributed by atoms with Gasteiger partial charge in [-0.25, -0.2) is 4.57 Å².